The molecule has 0 unspecified atom stereocenters. The fraction of sp³-hybridized carbons (Fsp3) is 0.200. The van der Waals surface area contributed by atoms with E-state index in [0.29, 0.717) is 12.1 Å². The fourth-order valence-corrected chi connectivity index (χ4v) is 2.99. The van der Waals surface area contributed by atoms with E-state index in [1.165, 1.54) is 0 Å². The molecule has 0 aliphatic heterocycles. The number of hydrogen-bond donors (Lipinski definition) is 1. The van der Waals surface area contributed by atoms with E-state index in [0.717, 1.165) is 28.6 Å². The van der Waals surface area contributed by atoms with Gasteiger partial charge in [0.05, 0.1) is 11.3 Å². The predicted octanol–water partition coefficient (Wildman–Crippen LogP) is 3.55. The number of para-hydroxylation sites is 1. The summed E-state index contributed by atoms with van der Waals surface area (Å²) < 4.78 is 1.98. The summed E-state index contributed by atoms with van der Waals surface area (Å²) in [6.07, 6.45) is 0.792. The molecule has 122 valence electrons. The lowest BCUT2D eigenvalue weighted by Gasteiger charge is -2.08. The minimum atomic E-state index is -0.551. The van der Waals surface area contributed by atoms with Crippen LogP contribution in [0.2, 0.25) is 0 Å². The number of rotatable bonds is 5. The third kappa shape index (κ3) is 2.71. The van der Waals surface area contributed by atoms with Gasteiger partial charge in [-0.1, -0.05) is 55.5 Å². The summed E-state index contributed by atoms with van der Waals surface area (Å²) >= 11 is 0. The van der Waals surface area contributed by atoms with Gasteiger partial charge in [0.2, 0.25) is 0 Å². The molecule has 1 N–H and O–H groups in total. The smallest absolute Gasteiger partial charge is 0.292 e. The molecule has 3 rings (SSSR count). The van der Waals surface area contributed by atoms with Gasteiger partial charge in [0.25, 0.3) is 11.7 Å². The van der Waals surface area contributed by atoms with Gasteiger partial charge in [-0.05, 0) is 18.1 Å². The monoisotopic (exact) mass is 320 g/mol. The Kier molecular flexibility index (Phi) is 4.47. The molecule has 0 fully saturated rings. The largest absolute Gasteiger partial charge is 0.349 e. The van der Waals surface area contributed by atoms with Crippen LogP contribution in [0, 0.1) is 0 Å². The lowest BCUT2D eigenvalue weighted by Crippen LogP contribution is -2.31. The number of aryl methyl sites for hydroxylation is 1. The molecule has 3 aromatic rings. The lowest BCUT2D eigenvalue weighted by atomic mass is 10.0. The van der Waals surface area contributed by atoms with Gasteiger partial charge in [-0.15, -0.1) is 0 Å². The summed E-state index contributed by atoms with van der Waals surface area (Å²) in [6.45, 7) is 2.45. The molecular weight excluding hydrogens is 300 g/mol. The molecule has 0 spiro atoms. The van der Waals surface area contributed by atoms with Gasteiger partial charge in [-0.25, -0.2) is 0 Å². The van der Waals surface area contributed by atoms with Crippen LogP contribution in [-0.4, -0.2) is 22.8 Å². The third-order valence-electron chi connectivity index (χ3n) is 4.12. The molecule has 4 nitrogen and oxygen atoms in total. The number of hydrogen-bond acceptors (Lipinski definition) is 2. The zero-order valence-electron chi connectivity index (χ0n) is 13.9. The van der Waals surface area contributed by atoms with E-state index >= 15 is 0 Å². The minimum Gasteiger partial charge on any atom is -0.349 e. The summed E-state index contributed by atoms with van der Waals surface area (Å²) in [5.41, 5.74) is 3.09. The standard InChI is InChI=1S/C20H20N2O2/c1-3-13-21-20(24)19(23)17-15-11-7-8-12-16(15)22(2)18(17)14-9-5-4-6-10-14/h4-12H,3,13H2,1-2H3,(H,21,24). The van der Waals surface area contributed by atoms with Gasteiger partial charge >= 0.3 is 0 Å². The number of aromatic nitrogens is 1. The second-order valence-electron chi connectivity index (χ2n) is 5.75. The molecule has 4 heteroatoms. The number of amides is 1. The Morgan fingerprint density at radius 3 is 2.38 bits per heavy atom. The van der Waals surface area contributed by atoms with Crippen molar-refractivity contribution in [2.75, 3.05) is 6.54 Å². The number of nitrogens with one attached hydrogen (secondary N) is 1. The fourth-order valence-electron chi connectivity index (χ4n) is 2.99. The number of nitrogens with zero attached hydrogens (tertiary/aromatic N) is 1. The van der Waals surface area contributed by atoms with Crippen LogP contribution in [0.4, 0.5) is 0 Å². The maximum atomic E-state index is 12.8. The van der Waals surface area contributed by atoms with Gasteiger partial charge < -0.3 is 9.88 Å². The Labute approximate surface area is 141 Å². The van der Waals surface area contributed by atoms with Crippen LogP contribution in [0.15, 0.2) is 54.6 Å². The topological polar surface area (TPSA) is 51.1 Å². The van der Waals surface area contributed by atoms with E-state index in [1.54, 1.807) is 0 Å². The zero-order valence-corrected chi connectivity index (χ0v) is 13.9. The van der Waals surface area contributed by atoms with Crippen molar-refractivity contribution in [1.29, 1.82) is 0 Å². The highest BCUT2D eigenvalue weighted by Crippen LogP contribution is 2.33. The molecular formula is C20H20N2O2. The Bertz CT molecular complexity index is 895. The average molecular weight is 320 g/mol. The normalized spacial score (nSPS) is 10.8. The lowest BCUT2D eigenvalue weighted by molar-refractivity contribution is -0.116. The highest BCUT2D eigenvalue weighted by molar-refractivity contribution is 6.46. The van der Waals surface area contributed by atoms with E-state index in [-0.39, 0.29) is 0 Å². The van der Waals surface area contributed by atoms with E-state index in [1.807, 2.05) is 73.1 Å². The van der Waals surface area contributed by atoms with Crippen LogP contribution < -0.4 is 5.32 Å². The first-order valence-electron chi connectivity index (χ1n) is 8.10. The Morgan fingerprint density at radius 2 is 1.67 bits per heavy atom. The van der Waals surface area contributed by atoms with Crippen LogP contribution in [-0.2, 0) is 11.8 Å². The third-order valence-corrected chi connectivity index (χ3v) is 4.12. The summed E-state index contributed by atoms with van der Waals surface area (Å²) in [7, 11) is 1.92. The number of benzene rings is 2. The van der Waals surface area contributed by atoms with Gasteiger partial charge in [0, 0.05) is 24.5 Å². The minimum absolute atomic E-state index is 0.466. The number of Topliss-reactive ketones (excluding diaryl/α,β-unsaturated/α-hetero) is 1. The maximum Gasteiger partial charge on any atom is 0.292 e. The van der Waals surface area contributed by atoms with Crippen LogP contribution in [0.3, 0.4) is 0 Å². The SMILES string of the molecule is CCCNC(=O)C(=O)c1c(-c2ccccc2)n(C)c2ccccc12. The van der Waals surface area contributed by atoms with E-state index in [9.17, 15) is 9.59 Å². The quantitative estimate of drug-likeness (QED) is 0.577. The molecule has 0 saturated carbocycles. The summed E-state index contributed by atoms with van der Waals surface area (Å²) in [6, 6.07) is 17.4. The van der Waals surface area contributed by atoms with Crippen molar-refractivity contribution in [3.05, 3.63) is 60.2 Å². The van der Waals surface area contributed by atoms with Crippen molar-refractivity contribution < 1.29 is 9.59 Å². The molecule has 0 aliphatic carbocycles. The Morgan fingerprint density at radius 1 is 1.00 bits per heavy atom. The first-order valence-corrected chi connectivity index (χ1v) is 8.10. The molecule has 2 aromatic carbocycles. The maximum absolute atomic E-state index is 12.8. The number of carbonyl (C=O) groups is 2. The molecule has 1 amide bonds. The predicted molar refractivity (Wildman–Crippen MR) is 96.0 cm³/mol. The van der Waals surface area contributed by atoms with Crippen LogP contribution in [0.5, 0.6) is 0 Å². The average Bonchev–Trinajstić information content (AvgIpc) is 2.92. The summed E-state index contributed by atoms with van der Waals surface area (Å²) in [5.74, 6) is -1.04. The molecule has 0 atom stereocenters. The van der Waals surface area contributed by atoms with Gasteiger partial charge in [-0.3, -0.25) is 9.59 Å². The van der Waals surface area contributed by atoms with Crippen molar-refractivity contribution in [2.24, 2.45) is 7.05 Å². The molecule has 1 heterocycles. The van der Waals surface area contributed by atoms with Crippen molar-refractivity contribution >= 4 is 22.6 Å². The van der Waals surface area contributed by atoms with Crippen molar-refractivity contribution in [2.45, 2.75) is 13.3 Å². The van der Waals surface area contributed by atoms with Crippen molar-refractivity contribution in [3.8, 4) is 11.3 Å². The number of carbonyl (C=O) groups excluding carboxylic acids is 2. The first kappa shape index (κ1) is 16.0. The molecule has 0 aliphatic rings. The Hall–Kier alpha value is -2.88. The van der Waals surface area contributed by atoms with Gasteiger partial charge in [-0.2, -0.15) is 0 Å². The van der Waals surface area contributed by atoms with E-state index < -0.39 is 11.7 Å². The first-order chi connectivity index (χ1) is 11.6. The second kappa shape index (κ2) is 6.71. The molecule has 0 bridgehead atoms. The van der Waals surface area contributed by atoms with Crippen molar-refractivity contribution in [1.82, 2.24) is 9.88 Å². The van der Waals surface area contributed by atoms with Crippen LogP contribution in [0.1, 0.15) is 23.7 Å². The number of ketones is 1. The van der Waals surface area contributed by atoms with Crippen molar-refractivity contribution in [3.63, 3.8) is 0 Å². The Balaban J connectivity index is 2.22. The van der Waals surface area contributed by atoms with Gasteiger partial charge in [0.15, 0.2) is 0 Å². The zero-order chi connectivity index (χ0) is 17.1. The molecule has 1 aromatic heterocycles. The highest BCUT2D eigenvalue weighted by atomic mass is 16.2. The highest BCUT2D eigenvalue weighted by Gasteiger charge is 2.26. The van der Waals surface area contributed by atoms with E-state index in [2.05, 4.69) is 5.32 Å². The number of fused-ring (bicyclic) bond motifs is 1. The molecule has 0 radical (unpaired) electrons. The molecule has 0 saturated heterocycles. The molecule has 24 heavy (non-hydrogen) atoms. The second-order valence-corrected chi connectivity index (χ2v) is 5.75. The summed E-state index contributed by atoms with van der Waals surface area (Å²) in [5, 5.41) is 3.49. The van der Waals surface area contributed by atoms with Crippen LogP contribution >= 0.6 is 0 Å². The summed E-state index contributed by atoms with van der Waals surface area (Å²) in [4.78, 5) is 25.1. The van der Waals surface area contributed by atoms with Gasteiger partial charge in [0.1, 0.15) is 0 Å². The van der Waals surface area contributed by atoms with Crippen LogP contribution in [0.25, 0.3) is 22.2 Å². The van der Waals surface area contributed by atoms with E-state index in [4.69, 9.17) is 0 Å².